The van der Waals surface area contributed by atoms with Crippen molar-refractivity contribution in [2.75, 3.05) is 0 Å². The van der Waals surface area contributed by atoms with Crippen LogP contribution in [0.2, 0.25) is 0 Å². The lowest BCUT2D eigenvalue weighted by atomic mass is 9.87. The number of hydrogen-bond donors (Lipinski definition) is 0. The smallest absolute Gasteiger partial charge is 0.333 e. The molecule has 2 nitrogen and oxygen atoms in total. The van der Waals surface area contributed by atoms with Crippen molar-refractivity contribution in [1.82, 2.24) is 0 Å². The minimum Gasteiger partial charge on any atom is -0.456 e. The molecule has 0 aromatic rings. The van der Waals surface area contributed by atoms with Crippen LogP contribution >= 0.6 is 0 Å². The van der Waals surface area contributed by atoms with Crippen LogP contribution in [0.5, 0.6) is 0 Å². The van der Waals surface area contributed by atoms with Gasteiger partial charge in [0.1, 0.15) is 5.60 Å². The van der Waals surface area contributed by atoms with Crippen LogP contribution in [0.3, 0.4) is 0 Å². The zero-order chi connectivity index (χ0) is 15.7. The van der Waals surface area contributed by atoms with Crippen LogP contribution in [0.4, 0.5) is 0 Å². The topological polar surface area (TPSA) is 26.3 Å². The highest BCUT2D eigenvalue weighted by Gasteiger charge is 2.34. The fourth-order valence-corrected chi connectivity index (χ4v) is 3.24. The molecule has 0 radical (unpaired) electrons. The lowest BCUT2D eigenvalue weighted by Gasteiger charge is -2.33. The first-order valence-electron chi connectivity index (χ1n) is 8.84. The first kappa shape index (κ1) is 18.3. The third-order valence-electron chi connectivity index (χ3n) is 4.59. The van der Waals surface area contributed by atoms with E-state index in [9.17, 15) is 4.79 Å². The van der Waals surface area contributed by atoms with Gasteiger partial charge in [-0.05, 0) is 51.4 Å². The molecule has 1 aliphatic rings. The van der Waals surface area contributed by atoms with E-state index in [1.54, 1.807) is 6.92 Å². The molecule has 1 aliphatic carbocycles. The molecule has 1 saturated carbocycles. The quantitative estimate of drug-likeness (QED) is 0.244. The van der Waals surface area contributed by atoms with Crippen LogP contribution in [0.1, 0.15) is 91.4 Å². The summed E-state index contributed by atoms with van der Waals surface area (Å²) in [7, 11) is 0. The highest BCUT2D eigenvalue weighted by Crippen LogP contribution is 2.35. The van der Waals surface area contributed by atoms with Gasteiger partial charge in [0, 0.05) is 5.57 Å². The van der Waals surface area contributed by atoms with Crippen LogP contribution in [0.15, 0.2) is 12.2 Å². The first-order valence-corrected chi connectivity index (χ1v) is 8.84. The van der Waals surface area contributed by atoms with Gasteiger partial charge in [0.2, 0.25) is 0 Å². The Morgan fingerprint density at radius 1 is 1.10 bits per heavy atom. The van der Waals surface area contributed by atoms with Crippen molar-refractivity contribution in [2.45, 2.75) is 97.0 Å². The highest BCUT2D eigenvalue weighted by atomic mass is 16.6. The summed E-state index contributed by atoms with van der Waals surface area (Å²) in [4.78, 5) is 12.0. The summed E-state index contributed by atoms with van der Waals surface area (Å²) in [6.45, 7) is 10.0. The van der Waals surface area contributed by atoms with Crippen molar-refractivity contribution in [2.24, 2.45) is 5.92 Å². The maximum absolute atomic E-state index is 12.0. The van der Waals surface area contributed by atoms with Crippen molar-refractivity contribution in [1.29, 1.82) is 0 Å². The number of hydrogen-bond acceptors (Lipinski definition) is 2. The van der Waals surface area contributed by atoms with E-state index in [0.29, 0.717) is 5.57 Å². The van der Waals surface area contributed by atoms with Crippen molar-refractivity contribution < 1.29 is 9.53 Å². The van der Waals surface area contributed by atoms with Crippen molar-refractivity contribution >= 4 is 5.97 Å². The van der Waals surface area contributed by atoms with Gasteiger partial charge in [0.05, 0.1) is 0 Å². The molecule has 1 rings (SSSR count). The number of carbonyl (C=O) groups is 1. The lowest BCUT2D eigenvalue weighted by Crippen LogP contribution is -2.35. The second-order valence-corrected chi connectivity index (χ2v) is 7.26. The van der Waals surface area contributed by atoms with Crippen LogP contribution in [0, 0.1) is 5.92 Å². The maximum Gasteiger partial charge on any atom is 0.333 e. The van der Waals surface area contributed by atoms with E-state index >= 15 is 0 Å². The lowest BCUT2D eigenvalue weighted by molar-refractivity contribution is -0.157. The van der Waals surface area contributed by atoms with E-state index in [2.05, 4.69) is 20.4 Å². The summed E-state index contributed by atoms with van der Waals surface area (Å²) in [5.74, 6) is 0.595. The SMILES string of the molecule is C=C(C)C(=O)OC1(CCCCCC(C)C)CCCCCC1. The molecule has 0 atom stereocenters. The molecule has 0 bridgehead atoms. The molecule has 21 heavy (non-hydrogen) atoms. The highest BCUT2D eigenvalue weighted by molar-refractivity contribution is 5.87. The molecule has 0 aromatic carbocycles. The largest absolute Gasteiger partial charge is 0.456 e. The average Bonchev–Trinajstić information content (AvgIpc) is 2.64. The monoisotopic (exact) mass is 294 g/mol. The van der Waals surface area contributed by atoms with Crippen LogP contribution in [-0.2, 0) is 9.53 Å². The Bertz CT molecular complexity index is 322. The predicted molar refractivity (Wildman–Crippen MR) is 89.3 cm³/mol. The Hall–Kier alpha value is -0.790. The van der Waals surface area contributed by atoms with Crippen LogP contribution < -0.4 is 0 Å². The maximum atomic E-state index is 12.0. The predicted octanol–water partition coefficient (Wildman–Crippen LogP) is 5.81. The molecule has 0 aromatic heterocycles. The first-order chi connectivity index (χ1) is 9.95. The molecule has 2 heteroatoms. The third kappa shape index (κ3) is 7.15. The van der Waals surface area contributed by atoms with Gasteiger partial charge in [0.15, 0.2) is 0 Å². The zero-order valence-corrected chi connectivity index (χ0v) is 14.4. The van der Waals surface area contributed by atoms with E-state index in [-0.39, 0.29) is 11.6 Å². The molecule has 0 amide bonds. The number of rotatable bonds is 8. The van der Waals surface area contributed by atoms with Gasteiger partial charge in [-0.2, -0.15) is 0 Å². The zero-order valence-electron chi connectivity index (χ0n) is 14.4. The van der Waals surface area contributed by atoms with E-state index in [4.69, 9.17) is 4.74 Å². The van der Waals surface area contributed by atoms with Gasteiger partial charge in [-0.15, -0.1) is 0 Å². The van der Waals surface area contributed by atoms with Crippen LogP contribution in [-0.4, -0.2) is 11.6 Å². The molecule has 0 saturated heterocycles. The van der Waals surface area contributed by atoms with Gasteiger partial charge in [-0.25, -0.2) is 4.79 Å². The molecular formula is C19H34O2. The molecule has 0 unspecified atom stereocenters. The minimum absolute atomic E-state index is 0.195. The second kappa shape index (κ2) is 9.27. The number of esters is 1. The summed E-state index contributed by atoms with van der Waals surface area (Å²) in [5.41, 5.74) is 0.322. The second-order valence-electron chi connectivity index (χ2n) is 7.26. The van der Waals surface area contributed by atoms with Gasteiger partial charge in [-0.1, -0.05) is 52.5 Å². The molecule has 0 aliphatic heterocycles. The molecular weight excluding hydrogens is 260 g/mol. The Kier molecular flexibility index (Phi) is 8.06. The van der Waals surface area contributed by atoms with Gasteiger partial charge >= 0.3 is 5.97 Å². The standard InChI is InChI=1S/C19H34O2/c1-16(2)12-8-7-11-15-19(21-18(20)17(3)4)13-9-5-6-10-14-19/h16H,3,5-15H2,1-2,4H3. The molecule has 1 fully saturated rings. The van der Waals surface area contributed by atoms with Crippen LogP contribution in [0.25, 0.3) is 0 Å². The Morgan fingerprint density at radius 3 is 2.24 bits per heavy atom. The molecule has 122 valence electrons. The van der Waals surface area contributed by atoms with Gasteiger partial charge in [-0.3, -0.25) is 0 Å². The van der Waals surface area contributed by atoms with Crippen molar-refractivity contribution in [3.05, 3.63) is 12.2 Å². The molecule has 0 heterocycles. The fourth-order valence-electron chi connectivity index (χ4n) is 3.24. The van der Waals surface area contributed by atoms with E-state index in [1.165, 1.54) is 51.4 Å². The minimum atomic E-state index is -0.204. The molecule has 0 N–H and O–H groups in total. The summed E-state index contributed by atoms with van der Waals surface area (Å²) in [6.07, 6.45) is 13.1. The average molecular weight is 294 g/mol. The van der Waals surface area contributed by atoms with Gasteiger partial charge in [0.25, 0.3) is 0 Å². The van der Waals surface area contributed by atoms with Gasteiger partial charge < -0.3 is 4.74 Å². The summed E-state index contributed by atoms with van der Waals surface area (Å²) >= 11 is 0. The summed E-state index contributed by atoms with van der Waals surface area (Å²) in [5, 5.41) is 0. The Labute approximate surface area is 131 Å². The summed E-state index contributed by atoms with van der Waals surface area (Å²) in [6, 6.07) is 0. The molecule has 0 spiro atoms. The Morgan fingerprint density at radius 2 is 1.71 bits per heavy atom. The third-order valence-corrected chi connectivity index (χ3v) is 4.59. The normalized spacial score (nSPS) is 18.3. The van der Waals surface area contributed by atoms with E-state index < -0.39 is 0 Å². The number of carbonyl (C=O) groups excluding carboxylic acids is 1. The fraction of sp³-hybridized carbons (Fsp3) is 0.842. The van der Waals surface area contributed by atoms with Crippen molar-refractivity contribution in [3.63, 3.8) is 0 Å². The van der Waals surface area contributed by atoms with E-state index in [0.717, 1.165) is 25.2 Å². The van der Waals surface area contributed by atoms with Crippen molar-refractivity contribution in [3.8, 4) is 0 Å². The number of unbranched alkanes of at least 4 members (excludes halogenated alkanes) is 2. The Balaban J connectivity index is 2.51. The summed E-state index contributed by atoms with van der Waals surface area (Å²) < 4.78 is 5.91. The number of ether oxygens (including phenoxy) is 1. The van der Waals surface area contributed by atoms with E-state index in [1.807, 2.05) is 0 Å².